The number of rotatable bonds is 7. The summed E-state index contributed by atoms with van der Waals surface area (Å²) in [5, 5.41) is 0. The van der Waals surface area contributed by atoms with E-state index in [1.54, 1.807) is 0 Å². The first-order chi connectivity index (χ1) is 13.0. The van der Waals surface area contributed by atoms with Crippen molar-refractivity contribution in [2.24, 2.45) is 0 Å². The van der Waals surface area contributed by atoms with Crippen LogP contribution in [0.1, 0.15) is 31.7 Å². The Hall–Kier alpha value is -1.44. The van der Waals surface area contributed by atoms with Crippen LogP contribution < -0.4 is 0 Å². The first-order valence-corrected chi connectivity index (χ1v) is 11.7. The van der Waals surface area contributed by atoms with E-state index in [1.807, 2.05) is 17.9 Å². The predicted octanol–water partition coefficient (Wildman–Crippen LogP) is 1.58. The standard InChI is InChI=1S/C20H31N3O3S/c1-2-17-27(25,26)23-11-6-9-19(23)20(24)22-15-13-21(14-16-22)12-10-18-7-4-3-5-8-18/h3-5,7-8,19H,2,6,9-17H2,1H3. The van der Waals surface area contributed by atoms with Crippen LogP contribution in [0.15, 0.2) is 30.3 Å². The first kappa shape index (κ1) is 20.3. The van der Waals surface area contributed by atoms with Gasteiger partial charge >= 0.3 is 0 Å². The van der Waals surface area contributed by atoms with E-state index in [2.05, 4.69) is 29.2 Å². The van der Waals surface area contributed by atoms with Gasteiger partial charge in [-0.3, -0.25) is 9.69 Å². The number of piperazine rings is 1. The second-order valence-corrected chi connectivity index (χ2v) is 9.53. The number of benzene rings is 1. The molecule has 0 aromatic heterocycles. The van der Waals surface area contributed by atoms with E-state index >= 15 is 0 Å². The van der Waals surface area contributed by atoms with Gasteiger partial charge in [-0.25, -0.2) is 8.42 Å². The number of carbonyl (C=O) groups excluding carboxylic acids is 1. The number of carbonyl (C=O) groups is 1. The summed E-state index contributed by atoms with van der Waals surface area (Å²) in [7, 11) is -3.32. The van der Waals surface area contributed by atoms with E-state index in [0.717, 1.165) is 32.5 Å². The van der Waals surface area contributed by atoms with Crippen molar-refractivity contribution >= 4 is 15.9 Å². The smallest absolute Gasteiger partial charge is 0.241 e. The third kappa shape index (κ3) is 5.09. The lowest BCUT2D eigenvalue weighted by molar-refractivity contribution is -0.136. The molecule has 0 bridgehead atoms. The van der Waals surface area contributed by atoms with E-state index in [0.29, 0.717) is 32.5 Å². The van der Waals surface area contributed by atoms with Crippen LogP contribution in [0, 0.1) is 0 Å². The summed E-state index contributed by atoms with van der Waals surface area (Å²) in [4.78, 5) is 17.2. The number of nitrogens with zero attached hydrogens (tertiary/aromatic N) is 3. The third-order valence-electron chi connectivity index (χ3n) is 5.55. The van der Waals surface area contributed by atoms with Crippen LogP contribution in [0.2, 0.25) is 0 Å². The van der Waals surface area contributed by atoms with Gasteiger partial charge in [0.2, 0.25) is 15.9 Å². The van der Waals surface area contributed by atoms with Crippen LogP contribution in [0.4, 0.5) is 0 Å². The van der Waals surface area contributed by atoms with Crippen molar-refractivity contribution in [2.75, 3.05) is 45.0 Å². The Bertz CT molecular complexity index is 715. The minimum Gasteiger partial charge on any atom is -0.339 e. The molecule has 2 saturated heterocycles. The van der Waals surface area contributed by atoms with Crippen molar-refractivity contribution in [3.63, 3.8) is 0 Å². The molecule has 27 heavy (non-hydrogen) atoms. The van der Waals surface area contributed by atoms with E-state index < -0.39 is 16.1 Å². The van der Waals surface area contributed by atoms with Crippen molar-refractivity contribution in [3.05, 3.63) is 35.9 Å². The van der Waals surface area contributed by atoms with Gasteiger partial charge in [0.15, 0.2) is 0 Å². The molecule has 2 aliphatic rings. The van der Waals surface area contributed by atoms with Crippen molar-refractivity contribution in [3.8, 4) is 0 Å². The maximum Gasteiger partial charge on any atom is 0.241 e. The summed E-state index contributed by atoms with van der Waals surface area (Å²) >= 11 is 0. The van der Waals surface area contributed by atoms with E-state index in [9.17, 15) is 13.2 Å². The van der Waals surface area contributed by atoms with Gasteiger partial charge in [-0.15, -0.1) is 0 Å². The molecule has 7 heteroatoms. The van der Waals surface area contributed by atoms with Crippen molar-refractivity contribution < 1.29 is 13.2 Å². The van der Waals surface area contributed by atoms with E-state index in [-0.39, 0.29) is 11.7 Å². The number of hydrogen-bond donors (Lipinski definition) is 0. The lowest BCUT2D eigenvalue weighted by Gasteiger charge is -2.37. The van der Waals surface area contributed by atoms with Crippen molar-refractivity contribution in [1.29, 1.82) is 0 Å². The Labute approximate surface area is 163 Å². The molecule has 0 N–H and O–H groups in total. The van der Waals surface area contributed by atoms with Gasteiger partial charge < -0.3 is 4.90 Å². The number of hydrogen-bond acceptors (Lipinski definition) is 4. The molecule has 150 valence electrons. The van der Waals surface area contributed by atoms with E-state index in [4.69, 9.17) is 0 Å². The molecule has 2 fully saturated rings. The summed E-state index contributed by atoms with van der Waals surface area (Å²) in [6.07, 6.45) is 3.02. The Balaban J connectivity index is 1.50. The Morgan fingerprint density at radius 1 is 1.07 bits per heavy atom. The quantitative estimate of drug-likeness (QED) is 0.706. The SMILES string of the molecule is CCCS(=O)(=O)N1CCCC1C(=O)N1CCN(CCc2ccccc2)CC1. The van der Waals surface area contributed by atoms with Crippen LogP contribution in [0.5, 0.6) is 0 Å². The summed E-state index contributed by atoms with van der Waals surface area (Å²) in [6.45, 7) is 6.42. The zero-order valence-corrected chi connectivity index (χ0v) is 17.0. The zero-order valence-electron chi connectivity index (χ0n) is 16.2. The van der Waals surface area contributed by atoms with Gasteiger partial charge in [0.1, 0.15) is 6.04 Å². The molecule has 1 aromatic carbocycles. The summed E-state index contributed by atoms with van der Waals surface area (Å²) in [6, 6.07) is 9.95. The van der Waals surface area contributed by atoms with Gasteiger partial charge in [-0.2, -0.15) is 4.31 Å². The molecule has 0 aliphatic carbocycles. The molecule has 1 aromatic rings. The average molecular weight is 394 g/mol. The van der Waals surface area contributed by atoms with Gasteiger partial charge in [0.25, 0.3) is 0 Å². The molecule has 6 nitrogen and oxygen atoms in total. The van der Waals surface area contributed by atoms with Crippen LogP contribution in [-0.2, 0) is 21.2 Å². The summed E-state index contributed by atoms with van der Waals surface area (Å²) in [5.74, 6) is 0.124. The van der Waals surface area contributed by atoms with Gasteiger partial charge in [0.05, 0.1) is 5.75 Å². The molecule has 3 rings (SSSR count). The van der Waals surface area contributed by atoms with Gasteiger partial charge in [-0.1, -0.05) is 37.3 Å². The molecular weight excluding hydrogens is 362 g/mol. The minimum absolute atomic E-state index is 0.00473. The van der Waals surface area contributed by atoms with Crippen LogP contribution >= 0.6 is 0 Å². The second-order valence-electron chi connectivity index (χ2n) is 7.49. The molecular formula is C20H31N3O3S. The highest BCUT2D eigenvalue weighted by atomic mass is 32.2. The highest BCUT2D eigenvalue weighted by Crippen LogP contribution is 2.24. The maximum atomic E-state index is 12.9. The topological polar surface area (TPSA) is 60.9 Å². The minimum atomic E-state index is -3.32. The summed E-state index contributed by atoms with van der Waals surface area (Å²) in [5.41, 5.74) is 1.33. The molecule has 1 amide bonds. The monoisotopic (exact) mass is 393 g/mol. The van der Waals surface area contributed by atoms with Crippen LogP contribution in [0.25, 0.3) is 0 Å². The third-order valence-corrected chi connectivity index (χ3v) is 7.63. The van der Waals surface area contributed by atoms with Crippen molar-refractivity contribution in [1.82, 2.24) is 14.1 Å². The van der Waals surface area contributed by atoms with Crippen LogP contribution in [0.3, 0.4) is 0 Å². The molecule has 2 heterocycles. The van der Waals surface area contributed by atoms with Crippen LogP contribution in [-0.4, -0.2) is 79.5 Å². The normalized spacial score (nSPS) is 22.3. The first-order valence-electron chi connectivity index (χ1n) is 10.1. The largest absolute Gasteiger partial charge is 0.339 e. The lowest BCUT2D eigenvalue weighted by Crippen LogP contribution is -2.54. The molecule has 0 spiro atoms. The Kier molecular flexibility index (Phi) is 6.89. The fraction of sp³-hybridized carbons (Fsp3) is 0.650. The number of sulfonamides is 1. The Morgan fingerprint density at radius 2 is 1.78 bits per heavy atom. The maximum absolute atomic E-state index is 12.9. The molecule has 0 saturated carbocycles. The zero-order chi connectivity index (χ0) is 19.3. The summed E-state index contributed by atoms with van der Waals surface area (Å²) < 4.78 is 26.4. The highest BCUT2D eigenvalue weighted by molar-refractivity contribution is 7.89. The fourth-order valence-electron chi connectivity index (χ4n) is 4.03. The number of amides is 1. The lowest BCUT2D eigenvalue weighted by atomic mass is 10.1. The fourth-order valence-corrected chi connectivity index (χ4v) is 5.77. The van der Waals surface area contributed by atoms with E-state index in [1.165, 1.54) is 9.87 Å². The molecule has 2 aliphatic heterocycles. The molecule has 0 radical (unpaired) electrons. The second kappa shape index (κ2) is 9.17. The van der Waals surface area contributed by atoms with Gasteiger partial charge in [-0.05, 0) is 31.2 Å². The highest BCUT2D eigenvalue weighted by Gasteiger charge is 2.40. The average Bonchev–Trinajstić information content (AvgIpc) is 3.18. The molecule has 1 unspecified atom stereocenters. The van der Waals surface area contributed by atoms with Gasteiger partial charge in [0, 0.05) is 39.3 Å². The predicted molar refractivity (Wildman–Crippen MR) is 107 cm³/mol. The Morgan fingerprint density at radius 3 is 2.44 bits per heavy atom. The van der Waals surface area contributed by atoms with Crippen molar-refractivity contribution in [2.45, 2.75) is 38.6 Å². The molecule has 1 atom stereocenters.